The number of sulfonamides is 1. The summed E-state index contributed by atoms with van der Waals surface area (Å²) in [5.41, 5.74) is 0.373. The molecule has 0 aliphatic carbocycles. The quantitative estimate of drug-likeness (QED) is 0.540. The van der Waals surface area contributed by atoms with Crippen LogP contribution in [0, 0.1) is 0 Å². The molecule has 0 radical (unpaired) electrons. The molecular formula is C25H31ClN2O4S. The second-order valence-corrected chi connectivity index (χ2v) is 11.4. The van der Waals surface area contributed by atoms with Gasteiger partial charge in [0, 0.05) is 30.7 Å². The minimum atomic E-state index is -3.81. The first kappa shape index (κ1) is 25.3. The number of hydrogen-bond donors (Lipinski definition) is 0. The van der Waals surface area contributed by atoms with Crippen molar-refractivity contribution >= 4 is 33.8 Å². The molecule has 0 aromatic heterocycles. The van der Waals surface area contributed by atoms with E-state index in [1.165, 1.54) is 16.4 Å². The van der Waals surface area contributed by atoms with Crippen LogP contribution in [0.2, 0.25) is 5.02 Å². The zero-order valence-corrected chi connectivity index (χ0v) is 20.8. The lowest BCUT2D eigenvalue weighted by molar-refractivity contribution is 0.0158. The molecule has 0 bridgehead atoms. The van der Waals surface area contributed by atoms with Crippen molar-refractivity contribution in [1.29, 1.82) is 0 Å². The van der Waals surface area contributed by atoms with E-state index < -0.39 is 21.7 Å². The van der Waals surface area contributed by atoms with Crippen LogP contribution < -0.4 is 0 Å². The Morgan fingerprint density at radius 2 is 1.82 bits per heavy atom. The molecule has 3 rings (SSSR count). The van der Waals surface area contributed by atoms with Crippen molar-refractivity contribution in [3.8, 4) is 0 Å². The summed E-state index contributed by atoms with van der Waals surface area (Å²) in [7, 11) is -3.81. The maximum absolute atomic E-state index is 13.6. The second kappa shape index (κ2) is 10.7. The molecule has 1 fully saturated rings. The Bertz CT molecular complexity index is 1060. The van der Waals surface area contributed by atoms with Crippen LogP contribution >= 0.6 is 11.6 Å². The fourth-order valence-corrected chi connectivity index (χ4v) is 5.45. The van der Waals surface area contributed by atoms with Crippen LogP contribution in [0.5, 0.6) is 0 Å². The lowest BCUT2D eigenvalue weighted by Crippen LogP contribution is -2.52. The molecule has 1 atom stereocenters. The van der Waals surface area contributed by atoms with Crippen LogP contribution in [-0.4, -0.2) is 55.0 Å². The number of ether oxygens (including phenoxy) is 1. The molecule has 1 aliphatic heterocycles. The smallest absolute Gasteiger partial charge is 0.410 e. The predicted molar refractivity (Wildman–Crippen MR) is 132 cm³/mol. The molecule has 33 heavy (non-hydrogen) atoms. The molecule has 1 unspecified atom stereocenters. The van der Waals surface area contributed by atoms with Gasteiger partial charge in [-0.15, -0.1) is 0 Å². The van der Waals surface area contributed by atoms with E-state index in [0.717, 1.165) is 5.56 Å². The molecule has 0 N–H and O–H groups in total. The minimum Gasteiger partial charge on any atom is -0.444 e. The van der Waals surface area contributed by atoms with E-state index in [9.17, 15) is 13.2 Å². The minimum absolute atomic E-state index is 0.175. The highest BCUT2D eigenvalue weighted by Gasteiger charge is 2.36. The summed E-state index contributed by atoms with van der Waals surface area (Å²) in [5, 5.41) is 0.471. The van der Waals surface area contributed by atoms with Gasteiger partial charge in [-0.05, 0) is 63.4 Å². The number of nitrogens with zero attached hydrogens (tertiary/aromatic N) is 2. The number of rotatable bonds is 6. The highest BCUT2D eigenvalue weighted by Crippen LogP contribution is 2.26. The van der Waals surface area contributed by atoms with Crippen LogP contribution in [-0.2, 0) is 14.8 Å². The summed E-state index contributed by atoms with van der Waals surface area (Å²) in [4.78, 5) is 14.4. The number of halogens is 1. The molecule has 178 valence electrons. The molecule has 6 nitrogen and oxygen atoms in total. The number of hydrogen-bond acceptors (Lipinski definition) is 4. The molecule has 2 aromatic carbocycles. The normalized spacial score (nSPS) is 17.5. The molecule has 1 aliphatic rings. The molecule has 1 amide bonds. The largest absolute Gasteiger partial charge is 0.444 e. The van der Waals surface area contributed by atoms with Crippen LogP contribution in [0.15, 0.2) is 65.6 Å². The third-order valence-corrected chi connectivity index (χ3v) is 7.46. The van der Waals surface area contributed by atoms with Crippen molar-refractivity contribution in [3.05, 3.63) is 71.3 Å². The average molecular weight is 491 g/mol. The Balaban J connectivity index is 1.86. The highest BCUT2D eigenvalue weighted by molar-refractivity contribution is 7.89. The fraction of sp³-hybridized carbons (Fsp3) is 0.400. The molecule has 1 heterocycles. The third-order valence-electron chi connectivity index (χ3n) is 5.27. The lowest BCUT2D eigenvalue weighted by atomic mass is 10.1. The number of amides is 1. The van der Waals surface area contributed by atoms with Gasteiger partial charge in [0.2, 0.25) is 10.0 Å². The van der Waals surface area contributed by atoms with Crippen molar-refractivity contribution in [2.24, 2.45) is 0 Å². The van der Waals surface area contributed by atoms with Gasteiger partial charge in [-0.2, -0.15) is 4.31 Å². The second-order valence-electron chi connectivity index (χ2n) is 9.06. The number of carbonyl (C=O) groups excluding carboxylic acids is 1. The van der Waals surface area contributed by atoms with Crippen molar-refractivity contribution in [3.63, 3.8) is 0 Å². The Labute approximate surface area is 201 Å². The third kappa shape index (κ3) is 7.06. The van der Waals surface area contributed by atoms with Gasteiger partial charge in [0.15, 0.2) is 0 Å². The van der Waals surface area contributed by atoms with Gasteiger partial charge in [-0.25, -0.2) is 13.2 Å². The van der Waals surface area contributed by atoms with Gasteiger partial charge in [0.05, 0.1) is 4.90 Å². The van der Waals surface area contributed by atoms with Gasteiger partial charge in [-0.1, -0.05) is 54.1 Å². The SMILES string of the molecule is CC(C)(C)OC(=O)N1CCCC(N(CC=Cc2ccccc2)S(=O)(=O)c2ccc(Cl)cc2)C1. The average Bonchev–Trinajstić information content (AvgIpc) is 2.76. The molecule has 0 spiro atoms. The Hall–Kier alpha value is -2.35. The maximum atomic E-state index is 13.6. The fourth-order valence-electron chi connectivity index (χ4n) is 3.72. The van der Waals surface area contributed by atoms with E-state index in [1.54, 1.807) is 17.0 Å². The molecule has 2 aromatic rings. The van der Waals surface area contributed by atoms with Gasteiger partial charge in [0.1, 0.15) is 5.60 Å². The first-order chi connectivity index (χ1) is 15.6. The van der Waals surface area contributed by atoms with Crippen LogP contribution in [0.3, 0.4) is 0 Å². The maximum Gasteiger partial charge on any atom is 0.410 e. The predicted octanol–water partition coefficient (Wildman–Crippen LogP) is 5.44. The monoisotopic (exact) mass is 490 g/mol. The Kier molecular flexibility index (Phi) is 8.21. The van der Waals surface area contributed by atoms with Crippen LogP contribution in [0.25, 0.3) is 6.08 Å². The summed E-state index contributed by atoms with van der Waals surface area (Å²) >= 11 is 5.97. The van der Waals surface area contributed by atoms with Crippen molar-refractivity contribution in [1.82, 2.24) is 9.21 Å². The first-order valence-electron chi connectivity index (χ1n) is 11.0. The van der Waals surface area contributed by atoms with Gasteiger partial charge >= 0.3 is 6.09 Å². The lowest BCUT2D eigenvalue weighted by Gasteiger charge is -2.38. The summed E-state index contributed by atoms with van der Waals surface area (Å²) in [5.74, 6) is 0. The molecule has 8 heteroatoms. The van der Waals surface area contributed by atoms with Gasteiger partial charge in [0.25, 0.3) is 0 Å². The van der Waals surface area contributed by atoms with E-state index in [1.807, 2.05) is 63.3 Å². The summed E-state index contributed by atoms with van der Waals surface area (Å²) in [6.07, 6.45) is 4.68. The topological polar surface area (TPSA) is 66.9 Å². The number of likely N-dealkylation sites (tertiary alicyclic amines) is 1. The number of benzene rings is 2. The van der Waals surface area contributed by atoms with Crippen LogP contribution in [0.4, 0.5) is 4.79 Å². The van der Waals surface area contributed by atoms with E-state index in [2.05, 4.69) is 0 Å². The van der Waals surface area contributed by atoms with Crippen molar-refractivity contribution in [2.75, 3.05) is 19.6 Å². The Morgan fingerprint density at radius 1 is 1.15 bits per heavy atom. The summed E-state index contributed by atoms with van der Waals surface area (Å²) < 4.78 is 34.2. The standard InChI is InChI=1S/C25H31ClN2O4S/c1-25(2,3)32-24(29)27-17-8-12-22(19-27)28(18-7-11-20-9-5-4-6-10-20)33(30,31)23-15-13-21(26)14-16-23/h4-7,9-11,13-16,22H,8,12,17-19H2,1-3H3. The van der Waals surface area contributed by atoms with Crippen molar-refractivity contribution < 1.29 is 17.9 Å². The van der Waals surface area contributed by atoms with E-state index >= 15 is 0 Å². The van der Waals surface area contributed by atoms with Crippen LogP contribution in [0.1, 0.15) is 39.2 Å². The van der Waals surface area contributed by atoms with E-state index in [0.29, 0.717) is 24.4 Å². The number of piperidine rings is 1. The van der Waals surface area contributed by atoms with Gasteiger partial charge < -0.3 is 9.64 Å². The molecular weight excluding hydrogens is 460 g/mol. The zero-order valence-electron chi connectivity index (χ0n) is 19.3. The summed E-state index contributed by atoms with van der Waals surface area (Å²) in [6, 6.07) is 15.5. The molecule has 0 saturated carbocycles. The van der Waals surface area contributed by atoms with Crippen molar-refractivity contribution in [2.45, 2.75) is 50.2 Å². The first-order valence-corrected chi connectivity index (χ1v) is 12.8. The zero-order chi connectivity index (χ0) is 24.1. The van der Waals surface area contributed by atoms with E-state index in [-0.39, 0.29) is 24.0 Å². The molecule has 1 saturated heterocycles. The van der Waals surface area contributed by atoms with Gasteiger partial charge in [-0.3, -0.25) is 0 Å². The summed E-state index contributed by atoms with van der Waals surface area (Å²) in [6.45, 7) is 6.46. The number of carbonyl (C=O) groups is 1. The van der Waals surface area contributed by atoms with E-state index in [4.69, 9.17) is 16.3 Å². The highest BCUT2D eigenvalue weighted by atomic mass is 35.5. The Morgan fingerprint density at radius 3 is 2.45 bits per heavy atom.